The van der Waals surface area contributed by atoms with E-state index < -0.39 is 12.1 Å². The number of aromatic hydroxyl groups is 1. The number of aliphatic hydroxyl groups excluding tert-OH is 1. The van der Waals surface area contributed by atoms with Gasteiger partial charge >= 0.3 is 0 Å². The number of halogens is 2. The summed E-state index contributed by atoms with van der Waals surface area (Å²) in [6.45, 7) is 3.68. The second-order valence-electron chi connectivity index (χ2n) is 4.09. The van der Waals surface area contributed by atoms with E-state index in [1.807, 2.05) is 13.8 Å². The van der Waals surface area contributed by atoms with E-state index in [2.05, 4.69) is 0 Å². The molecule has 0 amide bonds. The summed E-state index contributed by atoms with van der Waals surface area (Å²) in [5.41, 5.74) is 6.21. The monoisotopic (exact) mass is 263 g/mol. The Hall–Kier alpha value is -0.480. The molecule has 90 valence electrons. The lowest BCUT2D eigenvalue weighted by molar-refractivity contribution is 0.0970. The van der Waals surface area contributed by atoms with E-state index in [9.17, 15) is 10.2 Å². The lowest BCUT2D eigenvalue weighted by Crippen LogP contribution is -2.30. The van der Waals surface area contributed by atoms with Gasteiger partial charge in [-0.1, -0.05) is 37.0 Å². The molecule has 0 aromatic heterocycles. The molecule has 0 aliphatic rings. The number of phenols is 1. The molecule has 1 aromatic carbocycles. The first-order valence-corrected chi connectivity index (χ1v) is 5.71. The Kier molecular flexibility index (Phi) is 4.44. The van der Waals surface area contributed by atoms with Crippen molar-refractivity contribution in [2.75, 3.05) is 0 Å². The van der Waals surface area contributed by atoms with Crippen LogP contribution in [0.15, 0.2) is 12.1 Å². The van der Waals surface area contributed by atoms with E-state index in [-0.39, 0.29) is 16.7 Å². The van der Waals surface area contributed by atoms with Gasteiger partial charge in [0.15, 0.2) is 0 Å². The fourth-order valence-electron chi connectivity index (χ4n) is 1.44. The Bertz CT molecular complexity index is 382. The number of rotatable bonds is 3. The van der Waals surface area contributed by atoms with Crippen molar-refractivity contribution in [3.63, 3.8) is 0 Å². The van der Waals surface area contributed by atoms with Crippen molar-refractivity contribution < 1.29 is 10.2 Å². The molecule has 0 saturated heterocycles. The minimum absolute atomic E-state index is 0.0212. The van der Waals surface area contributed by atoms with Crippen LogP contribution in [0.4, 0.5) is 0 Å². The second kappa shape index (κ2) is 5.23. The molecule has 1 aromatic rings. The highest BCUT2D eigenvalue weighted by molar-refractivity contribution is 6.35. The normalized spacial score (nSPS) is 15.2. The Balaban J connectivity index is 3.13. The van der Waals surface area contributed by atoms with Gasteiger partial charge in [0.2, 0.25) is 0 Å². The first-order valence-electron chi connectivity index (χ1n) is 4.96. The average molecular weight is 264 g/mol. The summed E-state index contributed by atoms with van der Waals surface area (Å²) in [6, 6.07) is 2.23. The van der Waals surface area contributed by atoms with E-state index in [0.29, 0.717) is 10.6 Å². The van der Waals surface area contributed by atoms with Gasteiger partial charge in [-0.05, 0) is 18.1 Å². The van der Waals surface area contributed by atoms with Gasteiger partial charge in [0.1, 0.15) is 5.75 Å². The Morgan fingerprint density at radius 2 is 1.81 bits per heavy atom. The lowest BCUT2D eigenvalue weighted by atomic mass is 9.94. The maximum Gasteiger partial charge on any atom is 0.139 e. The van der Waals surface area contributed by atoms with Gasteiger partial charge in [0.05, 0.1) is 17.2 Å². The smallest absolute Gasteiger partial charge is 0.139 e. The van der Waals surface area contributed by atoms with E-state index in [1.54, 1.807) is 0 Å². The number of benzene rings is 1. The standard InChI is InChI=1S/C11H15Cl2NO2/c1-5(2)10(15)9(14)7-3-6(12)4-8(13)11(7)16/h3-5,9-10,15-16H,14H2,1-2H3/t9-,10+/m1/s1. The molecule has 2 atom stereocenters. The van der Waals surface area contributed by atoms with Gasteiger partial charge in [-0.2, -0.15) is 0 Å². The molecule has 16 heavy (non-hydrogen) atoms. The van der Waals surface area contributed by atoms with Gasteiger partial charge in [0, 0.05) is 10.6 Å². The third kappa shape index (κ3) is 2.80. The van der Waals surface area contributed by atoms with Crippen LogP contribution in [0.25, 0.3) is 0 Å². The fourth-order valence-corrected chi connectivity index (χ4v) is 1.95. The first-order chi connectivity index (χ1) is 7.34. The Morgan fingerprint density at radius 1 is 1.25 bits per heavy atom. The SMILES string of the molecule is CC(C)[C@H](O)[C@H](N)c1cc(Cl)cc(Cl)c1O. The van der Waals surface area contributed by atoms with E-state index in [4.69, 9.17) is 28.9 Å². The molecule has 0 saturated carbocycles. The van der Waals surface area contributed by atoms with Gasteiger partial charge in [-0.3, -0.25) is 0 Å². The molecular weight excluding hydrogens is 249 g/mol. The molecule has 3 nitrogen and oxygen atoms in total. The molecular formula is C11H15Cl2NO2. The second-order valence-corrected chi connectivity index (χ2v) is 4.93. The lowest BCUT2D eigenvalue weighted by Gasteiger charge is -2.23. The third-order valence-electron chi connectivity index (χ3n) is 2.47. The quantitative estimate of drug-likeness (QED) is 0.786. The highest BCUT2D eigenvalue weighted by Gasteiger charge is 2.24. The maximum atomic E-state index is 9.83. The number of hydrogen-bond acceptors (Lipinski definition) is 3. The zero-order valence-corrected chi connectivity index (χ0v) is 10.6. The minimum Gasteiger partial charge on any atom is -0.506 e. The van der Waals surface area contributed by atoms with Crippen LogP contribution in [0, 0.1) is 5.92 Å². The molecule has 5 heteroatoms. The number of nitrogens with two attached hydrogens (primary N) is 1. The summed E-state index contributed by atoms with van der Waals surface area (Å²) in [7, 11) is 0. The molecule has 0 radical (unpaired) electrons. The summed E-state index contributed by atoms with van der Waals surface area (Å²) in [5.74, 6) is -0.148. The average Bonchev–Trinajstić information content (AvgIpc) is 2.21. The summed E-state index contributed by atoms with van der Waals surface area (Å²) in [6.07, 6.45) is -0.763. The maximum absolute atomic E-state index is 9.83. The summed E-state index contributed by atoms with van der Waals surface area (Å²) in [4.78, 5) is 0. The van der Waals surface area contributed by atoms with Crippen LogP contribution in [0.1, 0.15) is 25.5 Å². The predicted molar refractivity (Wildman–Crippen MR) is 65.9 cm³/mol. The molecule has 1 rings (SSSR count). The van der Waals surface area contributed by atoms with Crippen LogP contribution in [0.2, 0.25) is 10.0 Å². The topological polar surface area (TPSA) is 66.5 Å². The molecule has 0 heterocycles. The number of aliphatic hydroxyl groups is 1. The van der Waals surface area contributed by atoms with Crippen molar-refractivity contribution in [2.45, 2.75) is 26.0 Å². The van der Waals surface area contributed by atoms with Crippen LogP contribution < -0.4 is 5.73 Å². The Labute approximate surface area is 105 Å². The molecule has 0 aliphatic heterocycles. The molecule has 0 bridgehead atoms. The zero-order chi connectivity index (χ0) is 12.5. The Morgan fingerprint density at radius 3 is 2.31 bits per heavy atom. The van der Waals surface area contributed by atoms with E-state index in [0.717, 1.165) is 0 Å². The van der Waals surface area contributed by atoms with Gasteiger partial charge in [-0.25, -0.2) is 0 Å². The van der Waals surface area contributed by atoms with Gasteiger partial charge in [-0.15, -0.1) is 0 Å². The fraction of sp³-hybridized carbons (Fsp3) is 0.455. The van der Waals surface area contributed by atoms with Crippen LogP contribution in [0.3, 0.4) is 0 Å². The number of hydrogen-bond donors (Lipinski definition) is 3. The third-order valence-corrected chi connectivity index (χ3v) is 2.97. The van der Waals surface area contributed by atoms with Gasteiger partial charge in [0.25, 0.3) is 0 Å². The largest absolute Gasteiger partial charge is 0.506 e. The van der Waals surface area contributed by atoms with Gasteiger partial charge < -0.3 is 15.9 Å². The van der Waals surface area contributed by atoms with Crippen molar-refractivity contribution in [1.29, 1.82) is 0 Å². The van der Waals surface area contributed by atoms with Crippen LogP contribution in [0.5, 0.6) is 5.75 Å². The molecule has 0 unspecified atom stereocenters. The van der Waals surface area contributed by atoms with E-state index >= 15 is 0 Å². The number of phenolic OH excluding ortho intramolecular Hbond substituents is 1. The van der Waals surface area contributed by atoms with Crippen LogP contribution >= 0.6 is 23.2 Å². The van der Waals surface area contributed by atoms with Crippen molar-refractivity contribution in [3.05, 3.63) is 27.7 Å². The summed E-state index contributed by atoms with van der Waals surface area (Å²) < 4.78 is 0. The van der Waals surface area contributed by atoms with E-state index in [1.165, 1.54) is 12.1 Å². The highest BCUT2D eigenvalue weighted by Crippen LogP contribution is 2.35. The van der Waals surface area contributed by atoms with Crippen molar-refractivity contribution in [1.82, 2.24) is 0 Å². The summed E-state index contributed by atoms with van der Waals surface area (Å²) in [5, 5.41) is 20.1. The highest BCUT2D eigenvalue weighted by atomic mass is 35.5. The molecule has 0 fully saturated rings. The minimum atomic E-state index is -0.763. The molecule has 4 N–H and O–H groups in total. The summed E-state index contributed by atoms with van der Waals surface area (Å²) >= 11 is 11.6. The zero-order valence-electron chi connectivity index (χ0n) is 9.11. The van der Waals surface area contributed by atoms with Crippen LogP contribution in [-0.2, 0) is 0 Å². The van der Waals surface area contributed by atoms with Crippen molar-refractivity contribution in [2.24, 2.45) is 11.7 Å². The van der Waals surface area contributed by atoms with Crippen molar-refractivity contribution >= 4 is 23.2 Å². The first kappa shape index (κ1) is 13.6. The predicted octanol–water partition coefficient (Wildman–Crippen LogP) is 2.72. The molecule has 0 spiro atoms. The molecule has 0 aliphatic carbocycles. The van der Waals surface area contributed by atoms with Crippen molar-refractivity contribution in [3.8, 4) is 5.75 Å². The van der Waals surface area contributed by atoms with Crippen LogP contribution in [-0.4, -0.2) is 16.3 Å².